The van der Waals surface area contributed by atoms with Crippen LogP contribution in [0, 0.1) is 0 Å². The molecule has 23 heavy (non-hydrogen) atoms. The van der Waals surface area contributed by atoms with Crippen LogP contribution in [0.15, 0.2) is 23.6 Å². The van der Waals surface area contributed by atoms with Crippen LogP contribution in [0.4, 0.5) is 0 Å². The maximum atomic E-state index is 12.4. The lowest BCUT2D eigenvalue weighted by Gasteiger charge is -2.27. The number of halogens is 2. The Morgan fingerprint density at radius 1 is 1.52 bits per heavy atom. The number of ether oxygens (including phenoxy) is 1. The zero-order valence-corrected chi connectivity index (χ0v) is 14.6. The fraction of sp³-hybridized carbons (Fsp3) is 0.333. The molecular formula is C15H17Cl2N3O2S. The number of carbonyl (C=O) groups excluding carboxylic acids is 1. The third-order valence-electron chi connectivity index (χ3n) is 3.47. The molecule has 1 aromatic carbocycles. The van der Waals surface area contributed by atoms with E-state index in [1.807, 2.05) is 12.1 Å². The summed E-state index contributed by atoms with van der Waals surface area (Å²) in [6.07, 6.45) is 1.40. The third-order valence-corrected chi connectivity index (χ3v) is 4.68. The molecule has 8 heteroatoms. The molecule has 3 N–H and O–H groups in total. The van der Waals surface area contributed by atoms with Gasteiger partial charge in [0.1, 0.15) is 11.4 Å². The quantitative estimate of drug-likeness (QED) is 0.863. The first-order valence-electron chi connectivity index (χ1n) is 7.05. The number of hydrogen-bond acceptors (Lipinski definition) is 5. The molecule has 1 aliphatic heterocycles. The number of amides is 1. The van der Waals surface area contributed by atoms with Crippen LogP contribution in [-0.2, 0) is 6.42 Å². The molecule has 2 heterocycles. The van der Waals surface area contributed by atoms with Crippen molar-refractivity contribution in [1.29, 1.82) is 0 Å². The van der Waals surface area contributed by atoms with Crippen LogP contribution in [0.1, 0.15) is 33.5 Å². The molecule has 0 bridgehead atoms. The molecular weight excluding hydrogens is 357 g/mol. The molecule has 0 aliphatic carbocycles. The minimum absolute atomic E-state index is 0. The monoisotopic (exact) mass is 373 g/mol. The minimum Gasteiger partial charge on any atom is -0.492 e. The Hall–Kier alpha value is -1.34. The molecule has 3 rings (SSSR count). The fourth-order valence-electron chi connectivity index (χ4n) is 2.42. The number of benzene rings is 1. The number of hydrogen-bond donors (Lipinski definition) is 2. The molecule has 0 radical (unpaired) electrons. The molecule has 1 aliphatic rings. The van der Waals surface area contributed by atoms with Gasteiger partial charge >= 0.3 is 0 Å². The Morgan fingerprint density at radius 3 is 3.13 bits per heavy atom. The highest BCUT2D eigenvalue weighted by Gasteiger charge is 2.25. The summed E-state index contributed by atoms with van der Waals surface area (Å²) >= 11 is 7.59. The molecule has 0 saturated carbocycles. The summed E-state index contributed by atoms with van der Waals surface area (Å²) in [4.78, 5) is 16.7. The second-order valence-electron chi connectivity index (χ2n) is 4.99. The van der Waals surface area contributed by atoms with Crippen LogP contribution < -0.4 is 15.8 Å². The van der Waals surface area contributed by atoms with E-state index in [0.717, 1.165) is 10.6 Å². The van der Waals surface area contributed by atoms with E-state index in [2.05, 4.69) is 10.3 Å². The normalized spacial score (nSPS) is 16.0. The zero-order valence-electron chi connectivity index (χ0n) is 12.3. The van der Waals surface area contributed by atoms with E-state index in [4.69, 9.17) is 22.1 Å². The number of nitrogens with one attached hydrogen (secondary N) is 1. The van der Waals surface area contributed by atoms with Crippen LogP contribution in [0.3, 0.4) is 0 Å². The number of carbonyl (C=O) groups is 1. The van der Waals surface area contributed by atoms with Gasteiger partial charge in [0.05, 0.1) is 22.7 Å². The van der Waals surface area contributed by atoms with Crippen molar-refractivity contribution in [1.82, 2.24) is 10.3 Å². The highest BCUT2D eigenvalue weighted by Crippen LogP contribution is 2.37. The Kier molecular flexibility index (Phi) is 6.24. The summed E-state index contributed by atoms with van der Waals surface area (Å²) in [5.74, 6) is 0.472. The number of fused-ring (bicyclic) bond motifs is 1. The van der Waals surface area contributed by atoms with Crippen molar-refractivity contribution in [2.45, 2.75) is 18.9 Å². The Labute approximate surface area is 149 Å². The number of nitrogens with two attached hydrogens (primary N) is 1. The van der Waals surface area contributed by atoms with Gasteiger partial charge in [-0.1, -0.05) is 23.7 Å². The first-order chi connectivity index (χ1) is 10.7. The molecule has 0 saturated heterocycles. The number of aromatic nitrogens is 1. The van der Waals surface area contributed by atoms with E-state index in [-0.39, 0.29) is 24.4 Å². The number of para-hydroxylation sites is 1. The Bertz CT molecular complexity index is 693. The summed E-state index contributed by atoms with van der Waals surface area (Å²) in [7, 11) is 0. The van der Waals surface area contributed by atoms with Crippen molar-refractivity contribution in [2.24, 2.45) is 5.73 Å². The SMILES string of the molecule is Cl.NCCc1nc(C(=O)NC2CCOc3c(Cl)cccc32)cs1. The summed E-state index contributed by atoms with van der Waals surface area (Å²) < 4.78 is 5.60. The maximum Gasteiger partial charge on any atom is 0.271 e. The van der Waals surface area contributed by atoms with Gasteiger partial charge < -0.3 is 15.8 Å². The topological polar surface area (TPSA) is 77.2 Å². The lowest BCUT2D eigenvalue weighted by Crippen LogP contribution is -2.32. The van der Waals surface area contributed by atoms with Crippen LogP contribution in [0.25, 0.3) is 0 Å². The van der Waals surface area contributed by atoms with E-state index >= 15 is 0 Å². The average molecular weight is 374 g/mol. The van der Waals surface area contributed by atoms with E-state index in [1.54, 1.807) is 11.4 Å². The van der Waals surface area contributed by atoms with Gasteiger partial charge in [-0.05, 0) is 12.6 Å². The molecule has 1 atom stereocenters. The largest absolute Gasteiger partial charge is 0.492 e. The third kappa shape index (κ3) is 3.95. The number of thiazole rings is 1. The molecule has 1 aromatic heterocycles. The first-order valence-corrected chi connectivity index (χ1v) is 8.31. The lowest BCUT2D eigenvalue weighted by molar-refractivity contribution is 0.0920. The molecule has 1 unspecified atom stereocenters. The zero-order chi connectivity index (χ0) is 15.5. The second kappa shape index (κ2) is 7.97. The summed E-state index contributed by atoms with van der Waals surface area (Å²) in [6, 6.07) is 5.45. The van der Waals surface area contributed by atoms with E-state index in [1.165, 1.54) is 11.3 Å². The molecule has 0 spiro atoms. The molecule has 0 fully saturated rings. The van der Waals surface area contributed by atoms with E-state index < -0.39 is 0 Å². The summed E-state index contributed by atoms with van der Waals surface area (Å²) in [5, 5.41) is 6.21. The summed E-state index contributed by atoms with van der Waals surface area (Å²) in [5.41, 5.74) is 6.84. The van der Waals surface area contributed by atoms with Gasteiger partial charge in [0.25, 0.3) is 5.91 Å². The highest BCUT2D eigenvalue weighted by molar-refractivity contribution is 7.09. The molecule has 124 valence electrons. The van der Waals surface area contributed by atoms with Gasteiger partial charge in [0.2, 0.25) is 0 Å². The smallest absolute Gasteiger partial charge is 0.271 e. The summed E-state index contributed by atoms with van der Waals surface area (Å²) in [6.45, 7) is 1.05. The maximum absolute atomic E-state index is 12.4. The Balaban J connectivity index is 0.00000192. The van der Waals surface area contributed by atoms with E-state index in [9.17, 15) is 4.79 Å². The first kappa shape index (κ1) is 18.0. The van der Waals surface area contributed by atoms with Gasteiger partial charge in [0, 0.05) is 23.8 Å². The van der Waals surface area contributed by atoms with Crippen molar-refractivity contribution in [3.05, 3.63) is 44.9 Å². The van der Waals surface area contributed by atoms with E-state index in [0.29, 0.717) is 42.5 Å². The lowest BCUT2D eigenvalue weighted by atomic mass is 10.0. The van der Waals surface area contributed by atoms with Crippen molar-refractivity contribution in [2.75, 3.05) is 13.2 Å². The second-order valence-corrected chi connectivity index (χ2v) is 6.34. The highest BCUT2D eigenvalue weighted by atomic mass is 35.5. The van der Waals surface area contributed by atoms with Crippen molar-refractivity contribution >= 4 is 41.3 Å². The molecule has 1 amide bonds. The van der Waals surface area contributed by atoms with Gasteiger partial charge in [-0.25, -0.2) is 4.98 Å². The van der Waals surface area contributed by atoms with Crippen LogP contribution in [0.5, 0.6) is 5.75 Å². The van der Waals surface area contributed by atoms with Gasteiger partial charge in [-0.2, -0.15) is 0 Å². The number of nitrogens with zero attached hydrogens (tertiary/aromatic N) is 1. The van der Waals surface area contributed by atoms with Crippen molar-refractivity contribution in [3.63, 3.8) is 0 Å². The van der Waals surface area contributed by atoms with Crippen LogP contribution in [0.2, 0.25) is 5.02 Å². The van der Waals surface area contributed by atoms with Gasteiger partial charge in [-0.15, -0.1) is 23.7 Å². The minimum atomic E-state index is -0.183. The van der Waals surface area contributed by atoms with Crippen molar-refractivity contribution in [3.8, 4) is 5.75 Å². The fourth-order valence-corrected chi connectivity index (χ4v) is 3.45. The predicted octanol–water partition coefficient (Wildman–Crippen LogP) is 2.97. The van der Waals surface area contributed by atoms with Gasteiger partial charge in [0.15, 0.2) is 0 Å². The van der Waals surface area contributed by atoms with Crippen LogP contribution in [-0.4, -0.2) is 24.0 Å². The Morgan fingerprint density at radius 2 is 2.35 bits per heavy atom. The number of rotatable bonds is 4. The average Bonchev–Trinajstić information content (AvgIpc) is 2.97. The molecule has 5 nitrogen and oxygen atoms in total. The van der Waals surface area contributed by atoms with Gasteiger partial charge in [-0.3, -0.25) is 4.79 Å². The van der Waals surface area contributed by atoms with Crippen LogP contribution >= 0.6 is 35.3 Å². The predicted molar refractivity (Wildman–Crippen MR) is 93.9 cm³/mol. The molecule has 2 aromatic rings. The van der Waals surface area contributed by atoms with Crippen molar-refractivity contribution < 1.29 is 9.53 Å². The standard InChI is InChI=1S/C15H16ClN3O2S.ClH/c16-10-3-1-2-9-11(5-7-21-14(9)10)19-15(20)12-8-22-13(18-12)4-6-17;/h1-3,8,11H,4-7,17H2,(H,19,20);1H.